The minimum Gasteiger partial charge on any atom is -0.450 e. The Labute approximate surface area is 219 Å². The van der Waals surface area contributed by atoms with Crippen molar-refractivity contribution in [2.75, 3.05) is 4.90 Å². The average molecular weight is 536 g/mol. The molecule has 0 fully saturated rings. The molecule has 1 amide bonds. The summed E-state index contributed by atoms with van der Waals surface area (Å²) < 4.78 is 52.6. The van der Waals surface area contributed by atoms with E-state index in [2.05, 4.69) is 0 Å². The normalized spacial score (nSPS) is 11.4. The minimum absolute atomic E-state index is 0.00856. The Bertz CT molecular complexity index is 1630. The predicted molar refractivity (Wildman–Crippen MR) is 139 cm³/mol. The Morgan fingerprint density at radius 3 is 1.95 bits per heavy atom. The van der Waals surface area contributed by atoms with Crippen molar-refractivity contribution in [3.63, 3.8) is 0 Å². The van der Waals surface area contributed by atoms with Gasteiger partial charge in [0.15, 0.2) is 0 Å². The van der Waals surface area contributed by atoms with Gasteiger partial charge in [0.05, 0.1) is 22.3 Å². The second-order valence-corrected chi connectivity index (χ2v) is 8.61. The van der Waals surface area contributed by atoms with Gasteiger partial charge in [-0.15, -0.1) is 0 Å². The molecule has 0 aliphatic heterocycles. The number of carbonyl (C=O) groups excluding carboxylic acids is 1. The van der Waals surface area contributed by atoms with Gasteiger partial charge in [0.1, 0.15) is 11.3 Å². The first-order valence-corrected chi connectivity index (χ1v) is 11.7. The number of para-hydroxylation sites is 2. The molecule has 38 heavy (non-hydrogen) atoms. The van der Waals surface area contributed by atoms with E-state index in [1.54, 1.807) is 60.7 Å². The minimum atomic E-state index is -4.97. The number of hydrogen-bond donors (Lipinski definition) is 0. The first-order valence-electron chi connectivity index (χ1n) is 11.3. The third-order valence-electron chi connectivity index (χ3n) is 5.67. The summed E-state index contributed by atoms with van der Waals surface area (Å²) in [6.45, 7) is 0. The Balaban J connectivity index is 1.57. The van der Waals surface area contributed by atoms with Crippen LogP contribution in [-0.2, 0) is 6.18 Å². The van der Waals surface area contributed by atoms with Crippen molar-refractivity contribution in [1.82, 2.24) is 0 Å². The SMILES string of the molecule is O=C(Oc1ccc2c(=O)c(-c3ccc(Cl)cc3)c(C(F)(F)F)oc2c1)N(c1ccccc1)c1ccccc1. The Morgan fingerprint density at radius 2 is 1.39 bits per heavy atom. The van der Waals surface area contributed by atoms with Crippen molar-refractivity contribution in [2.24, 2.45) is 0 Å². The van der Waals surface area contributed by atoms with Gasteiger partial charge in [-0.05, 0) is 54.1 Å². The van der Waals surface area contributed by atoms with Gasteiger partial charge in [0, 0.05) is 11.1 Å². The Hall–Kier alpha value is -4.56. The number of nitrogens with zero attached hydrogens (tertiary/aromatic N) is 1. The van der Waals surface area contributed by atoms with E-state index < -0.39 is 29.0 Å². The second-order valence-electron chi connectivity index (χ2n) is 8.17. The number of rotatable bonds is 4. The number of hydrogen-bond acceptors (Lipinski definition) is 4. The summed E-state index contributed by atoms with van der Waals surface area (Å²) in [6, 6.07) is 26.5. The number of benzene rings is 4. The van der Waals surface area contributed by atoms with Gasteiger partial charge < -0.3 is 9.15 Å². The lowest BCUT2D eigenvalue weighted by molar-refractivity contribution is -0.152. The monoisotopic (exact) mass is 535 g/mol. The molecular formula is C29H17ClF3NO4. The highest BCUT2D eigenvalue weighted by Crippen LogP contribution is 2.38. The molecule has 0 aliphatic carbocycles. The highest BCUT2D eigenvalue weighted by Gasteiger charge is 2.39. The number of fused-ring (bicyclic) bond motifs is 1. The van der Waals surface area contributed by atoms with Gasteiger partial charge in [-0.3, -0.25) is 4.79 Å². The fraction of sp³-hybridized carbons (Fsp3) is 0.0345. The molecule has 0 aliphatic rings. The molecule has 9 heteroatoms. The first-order chi connectivity index (χ1) is 18.2. The molecule has 190 valence electrons. The van der Waals surface area contributed by atoms with E-state index in [-0.39, 0.29) is 22.3 Å². The largest absolute Gasteiger partial charge is 0.450 e. The fourth-order valence-corrected chi connectivity index (χ4v) is 4.10. The topological polar surface area (TPSA) is 59.8 Å². The van der Waals surface area contributed by atoms with Crippen LogP contribution in [0.3, 0.4) is 0 Å². The van der Waals surface area contributed by atoms with Crippen molar-refractivity contribution in [3.8, 4) is 16.9 Å². The third kappa shape index (κ3) is 4.99. The molecule has 1 aromatic heterocycles. The first kappa shape index (κ1) is 25.1. The molecule has 0 spiro atoms. The lowest BCUT2D eigenvalue weighted by Gasteiger charge is -2.22. The van der Waals surface area contributed by atoms with Crippen LogP contribution in [0, 0.1) is 0 Å². The van der Waals surface area contributed by atoms with Crippen LogP contribution < -0.4 is 15.1 Å². The Kier molecular flexibility index (Phi) is 6.65. The maximum absolute atomic E-state index is 14.0. The highest BCUT2D eigenvalue weighted by atomic mass is 35.5. The second kappa shape index (κ2) is 10.1. The summed E-state index contributed by atoms with van der Waals surface area (Å²) in [5.74, 6) is -1.56. The summed E-state index contributed by atoms with van der Waals surface area (Å²) in [5, 5.41) is 0.199. The predicted octanol–water partition coefficient (Wildman–Crippen LogP) is 8.47. The number of alkyl halides is 3. The number of amides is 1. The zero-order valence-electron chi connectivity index (χ0n) is 19.4. The molecular weight excluding hydrogens is 519 g/mol. The summed E-state index contributed by atoms with van der Waals surface area (Å²) in [5.41, 5.74) is -0.851. The van der Waals surface area contributed by atoms with Crippen molar-refractivity contribution in [2.45, 2.75) is 6.18 Å². The van der Waals surface area contributed by atoms with Gasteiger partial charge in [-0.25, -0.2) is 9.69 Å². The summed E-state index contributed by atoms with van der Waals surface area (Å²) in [6.07, 6.45) is -5.77. The summed E-state index contributed by atoms with van der Waals surface area (Å²) in [7, 11) is 0. The van der Waals surface area contributed by atoms with E-state index >= 15 is 0 Å². The fourth-order valence-electron chi connectivity index (χ4n) is 3.98. The highest BCUT2D eigenvalue weighted by molar-refractivity contribution is 6.30. The van der Waals surface area contributed by atoms with Crippen LogP contribution in [0.25, 0.3) is 22.1 Å². The molecule has 0 N–H and O–H groups in total. The maximum atomic E-state index is 14.0. The van der Waals surface area contributed by atoms with Crippen molar-refractivity contribution in [1.29, 1.82) is 0 Å². The maximum Gasteiger partial charge on any atom is 0.450 e. The zero-order valence-corrected chi connectivity index (χ0v) is 20.2. The van der Waals surface area contributed by atoms with Gasteiger partial charge in [0.2, 0.25) is 11.2 Å². The molecule has 1 heterocycles. The van der Waals surface area contributed by atoms with E-state index in [1.165, 1.54) is 41.3 Å². The molecule has 4 aromatic carbocycles. The van der Waals surface area contributed by atoms with E-state index in [1.807, 2.05) is 0 Å². The Morgan fingerprint density at radius 1 is 0.816 bits per heavy atom. The molecule has 0 atom stereocenters. The third-order valence-corrected chi connectivity index (χ3v) is 5.92. The van der Waals surface area contributed by atoms with Gasteiger partial charge in [-0.1, -0.05) is 60.1 Å². The number of anilines is 2. The summed E-state index contributed by atoms with van der Waals surface area (Å²) in [4.78, 5) is 27.7. The van der Waals surface area contributed by atoms with Crippen molar-refractivity contribution < 1.29 is 27.1 Å². The van der Waals surface area contributed by atoms with Gasteiger partial charge in [-0.2, -0.15) is 13.2 Å². The molecule has 5 rings (SSSR count). The van der Waals surface area contributed by atoms with Crippen LogP contribution in [0.1, 0.15) is 5.76 Å². The van der Waals surface area contributed by atoms with Gasteiger partial charge in [0.25, 0.3) is 0 Å². The lowest BCUT2D eigenvalue weighted by atomic mass is 10.0. The smallest absolute Gasteiger partial charge is 0.450 e. The van der Waals surface area contributed by atoms with Crippen molar-refractivity contribution >= 4 is 40.0 Å². The lowest BCUT2D eigenvalue weighted by Crippen LogP contribution is -2.29. The van der Waals surface area contributed by atoms with Crippen LogP contribution in [0.15, 0.2) is 112 Å². The van der Waals surface area contributed by atoms with E-state index in [0.717, 1.165) is 6.07 Å². The van der Waals surface area contributed by atoms with Gasteiger partial charge >= 0.3 is 12.3 Å². The molecule has 0 radical (unpaired) electrons. The zero-order chi connectivity index (χ0) is 26.9. The number of ether oxygens (including phenoxy) is 1. The van der Waals surface area contributed by atoms with Crippen molar-refractivity contribution in [3.05, 3.63) is 124 Å². The van der Waals surface area contributed by atoms with E-state index in [4.69, 9.17) is 20.8 Å². The molecule has 5 aromatic rings. The molecule has 0 saturated carbocycles. The number of halogens is 4. The molecule has 5 nitrogen and oxygen atoms in total. The van der Waals surface area contributed by atoms with Crippen LogP contribution in [0.5, 0.6) is 5.75 Å². The molecule has 0 unspecified atom stereocenters. The van der Waals surface area contributed by atoms with Crippen LogP contribution in [-0.4, -0.2) is 6.09 Å². The molecule has 0 saturated heterocycles. The van der Waals surface area contributed by atoms with Crippen LogP contribution >= 0.6 is 11.6 Å². The standard InChI is InChI=1S/C29H17ClF3NO4/c30-19-13-11-18(12-14-19)25-26(35)23-16-15-22(17-24(23)38-27(25)29(31,32)33)37-28(36)34(20-7-3-1-4-8-20)21-9-5-2-6-10-21/h1-17H. The van der Waals surface area contributed by atoms with Crippen LogP contribution in [0.4, 0.5) is 29.3 Å². The quantitative estimate of drug-likeness (QED) is 0.231. The van der Waals surface area contributed by atoms with E-state index in [9.17, 15) is 22.8 Å². The summed E-state index contributed by atoms with van der Waals surface area (Å²) >= 11 is 5.85. The number of carbonyl (C=O) groups is 1. The van der Waals surface area contributed by atoms with E-state index in [0.29, 0.717) is 16.4 Å². The average Bonchev–Trinajstić information content (AvgIpc) is 2.90. The van der Waals surface area contributed by atoms with Crippen LogP contribution in [0.2, 0.25) is 5.02 Å². The molecule has 0 bridgehead atoms.